The van der Waals surface area contributed by atoms with Gasteiger partial charge < -0.3 is 10.0 Å². The lowest BCUT2D eigenvalue weighted by Crippen LogP contribution is -2.35. The fourth-order valence-electron chi connectivity index (χ4n) is 3.07. The average molecular weight is 251 g/mol. The summed E-state index contributed by atoms with van der Waals surface area (Å²) in [7, 11) is 0. The van der Waals surface area contributed by atoms with Crippen molar-refractivity contribution in [2.24, 2.45) is 0 Å². The molecule has 3 heteroatoms. The number of aliphatic hydroxyl groups is 1. The average Bonchev–Trinajstić information content (AvgIpc) is 2.69. The zero-order valence-electron chi connectivity index (χ0n) is 11.4. The van der Waals surface area contributed by atoms with Gasteiger partial charge in [-0.1, -0.05) is 13.0 Å². The number of aliphatic hydroxyl groups excluding tert-OH is 1. The topological polar surface area (TPSA) is 23.5 Å². The molecule has 1 aromatic rings. The molecule has 0 amide bonds. The highest BCUT2D eigenvalue weighted by molar-refractivity contribution is 5.57. The van der Waals surface area contributed by atoms with Gasteiger partial charge in [0.15, 0.2) is 0 Å². The lowest BCUT2D eigenvalue weighted by Gasteiger charge is -2.33. The van der Waals surface area contributed by atoms with Crippen molar-refractivity contribution in [3.8, 4) is 0 Å². The first-order chi connectivity index (χ1) is 8.56. The highest BCUT2D eigenvalue weighted by Gasteiger charge is 2.32. The largest absolute Gasteiger partial charge is 0.389 e. The van der Waals surface area contributed by atoms with Crippen molar-refractivity contribution in [2.45, 2.75) is 58.2 Å². The highest BCUT2D eigenvalue weighted by Crippen LogP contribution is 2.37. The summed E-state index contributed by atoms with van der Waals surface area (Å²) in [5, 5.41) is 9.82. The second kappa shape index (κ2) is 5.27. The van der Waals surface area contributed by atoms with Gasteiger partial charge in [0.25, 0.3) is 0 Å². The normalized spacial score (nSPS) is 25.5. The Morgan fingerprint density at radius 3 is 2.78 bits per heavy atom. The fraction of sp³-hybridized carbons (Fsp3) is 0.600. The number of halogens is 1. The quantitative estimate of drug-likeness (QED) is 0.886. The first kappa shape index (κ1) is 13.3. The van der Waals surface area contributed by atoms with Crippen LogP contribution in [0, 0.1) is 5.82 Å². The summed E-state index contributed by atoms with van der Waals surface area (Å²) < 4.78 is 13.9. The summed E-state index contributed by atoms with van der Waals surface area (Å²) >= 11 is 0. The Labute approximate surface area is 108 Å². The van der Waals surface area contributed by atoms with E-state index in [0.29, 0.717) is 17.6 Å². The van der Waals surface area contributed by atoms with Crippen molar-refractivity contribution in [3.05, 3.63) is 29.6 Å². The van der Waals surface area contributed by atoms with Crippen LogP contribution in [0.4, 0.5) is 10.1 Å². The lowest BCUT2D eigenvalue weighted by atomic mass is 10.0. The van der Waals surface area contributed by atoms with Gasteiger partial charge in [-0.25, -0.2) is 4.39 Å². The molecule has 18 heavy (non-hydrogen) atoms. The van der Waals surface area contributed by atoms with Crippen molar-refractivity contribution < 1.29 is 9.50 Å². The van der Waals surface area contributed by atoms with Gasteiger partial charge in [-0.2, -0.15) is 0 Å². The number of nitrogens with zero attached hydrogens (tertiary/aromatic N) is 1. The van der Waals surface area contributed by atoms with Crippen LogP contribution in [-0.2, 0) is 0 Å². The van der Waals surface area contributed by atoms with Crippen molar-refractivity contribution in [3.63, 3.8) is 0 Å². The van der Waals surface area contributed by atoms with Crippen LogP contribution >= 0.6 is 0 Å². The van der Waals surface area contributed by atoms with Gasteiger partial charge in [-0.3, -0.25) is 0 Å². The van der Waals surface area contributed by atoms with Crippen LogP contribution in [0.1, 0.15) is 51.7 Å². The number of anilines is 1. The number of rotatable bonds is 3. The molecule has 1 N–H and O–H groups in total. The van der Waals surface area contributed by atoms with Crippen LogP contribution in [0.2, 0.25) is 0 Å². The van der Waals surface area contributed by atoms with Gasteiger partial charge in [0.05, 0.1) is 6.10 Å². The van der Waals surface area contributed by atoms with E-state index < -0.39 is 6.10 Å². The van der Waals surface area contributed by atoms with Crippen LogP contribution in [0.15, 0.2) is 18.2 Å². The number of hydrogen-bond acceptors (Lipinski definition) is 2. The van der Waals surface area contributed by atoms with Gasteiger partial charge in [0, 0.05) is 23.3 Å². The molecule has 0 aromatic heterocycles. The maximum atomic E-state index is 13.9. The Hall–Kier alpha value is -1.09. The molecule has 1 heterocycles. The Bertz CT molecular complexity index is 419. The van der Waals surface area contributed by atoms with Crippen LogP contribution in [-0.4, -0.2) is 17.2 Å². The first-order valence-corrected chi connectivity index (χ1v) is 6.81. The molecule has 1 aliphatic rings. The molecule has 1 fully saturated rings. The summed E-state index contributed by atoms with van der Waals surface area (Å²) in [5.41, 5.74) is 1.30. The molecule has 100 valence electrons. The molecular formula is C15H22FNO. The number of hydrogen-bond donors (Lipinski definition) is 1. The molecule has 2 unspecified atom stereocenters. The molecule has 2 nitrogen and oxygen atoms in total. The standard InChI is InChI=1S/C15H22FNO/c1-4-12-9-8-10(2)17(12)14-7-5-6-13(16)15(14)11(3)18/h5-7,10-12,18H,4,8-9H2,1-3H3/t10?,11-,12?/m1/s1. The predicted octanol–water partition coefficient (Wildman–Crippen LogP) is 3.65. The summed E-state index contributed by atoms with van der Waals surface area (Å²) in [6.45, 7) is 5.97. The summed E-state index contributed by atoms with van der Waals surface area (Å²) in [5.74, 6) is -0.309. The first-order valence-electron chi connectivity index (χ1n) is 6.81. The zero-order valence-corrected chi connectivity index (χ0v) is 11.4. The van der Waals surface area contributed by atoms with E-state index in [0.717, 1.165) is 24.9 Å². The third-order valence-electron chi connectivity index (χ3n) is 3.98. The van der Waals surface area contributed by atoms with E-state index in [2.05, 4.69) is 18.7 Å². The molecule has 1 aromatic carbocycles. The predicted molar refractivity (Wildman–Crippen MR) is 72.3 cm³/mol. The molecule has 3 atom stereocenters. The second-order valence-corrected chi connectivity index (χ2v) is 5.24. The molecule has 0 bridgehead atoms. The fourth-order valence-corrected chi connectivity index (χ4v) is 3.07. The monoisotopic (exact) mass is 251 g/mol. The summed E-state index contributed by atoms with van der Waals surface area (Å²) in [4.78, 5) is 2.28. The zero-order chi connectivity index (χ0) is 13.3. The minimum atomic E-state index is -0.772. The van der Waals surface area contributed by atoms with Crippen molar-refractivity contribution in [1.82, 2.24) is 0 Å². The maximum Gasteiger partial charge on any atom is 0.131 e. The van der Waals surface area contributed by atoms with Gasteiger partial charge >= 0.3 is 0 Å². The molecular weight excluding hydrogens is 229 g/mol. The molecule has 0 radical (unpaired) electrons. The minimum absolute atomic E-state index is 0.309. The Morgan fingerprint density at radius 2 is 2.17 bits per heavy atom. The van der Waals surface area contributed by atoms with E-state index in [9.17, 15) is 9.50 Å². The van der Waals surface area contributed by atoms with Crippen LogP contribution in [0.5, 0.6) is 0 Å². The summed E-state index contributed by atoms with van der Waals surface area (Å²) in [6.07, 6.45) is 2.56. The summed E-state index contributed by atoms with van der Waals surface area (Å²) in [6, 6.07) is 5.95. The van der Waals surface area contributed by atoms with E-state index in [-0.39, 0.29) is 5.82 Å². The third kappa shape index (κ3) is 2.24. The molecule has 0 aliphatic carbocycles. The smallest absolute Gasteiger partial charge is 0.131 e. The minimum Gasteiger partial charge on any atom is -0.389 e. The van der Waals surface area contributed by atoms with Crippen molar-refractivity contribution in [1.29, 1.82) is 0 Å². The SMILES string of the molecule is CCC1CCC(C)N1c1cccc(F)c1[C@@H](C)O. The molecule has 0 spiro atoms. The van der Waals surface area contributed by atoms with E-state index >= 15 is 0 Å². The van der Waals surface area contributed by atoms with Crippen molar-refractivity contribution in [2.75, 3.05) is 4.90 Å². The van der Waals surface area contributed by atoms with Gasteiger partial charge in [-0.15, -0.1) is 0 Å². The second-order valence-electron chi connectivity index (χ2n) is 5.24. The molecule has 1 aliphatic heterocycles. The molecule has 2 rings (SSSR count). The van der Waals surface area contributed by atoms with Crippen molar-refractivity contribution >= 4 is 5.69 Å². The Kier molecular flexibility index (Phi) is 3.91. The van der Waals surface area contributed by atoms with E-state index in [1.807, 2.05) is 6.07 Å². The maximum absolute atomic E-state index is 13.9. The van der Waals surface area contributed by atoms with E-state index in [1.54, 1.807) is 13.0 Å². The van der Waals surface area contributed by atoms with Crippen LogP contribution in [0.25, 0.3) is 0 Å². The van der Waals surface area contributed by atoms with Gasteiger partial charge in [-0.05, 0) is 45.2 Å². The van der Waals surface area contributed by atoms with E-state index in [1.165, 1.54) is 6.07 Å². The molecule has 1 saturated heterocycles. The Balaban J connectivity index is 2.46. The number of benzene rings is 1. The highest BCUT2D eigenvalue weighted by atomic mass is 19.1. The lowest BCUT2D eigenvalue weighted by molar-refractivity contribution is 0.194. The Morgan fingerprint density at radius 1 is 1.44 bits per heavy atom. The van der Waals surface area contributed by atoms with Crippen LogP contribution in [0.3, 0.4) is 0 Å². The third-order valence-corrected chi connectivity index (χ3v) is 3.98. The van der Waals surface area contributed by atoms with Gasteiger partial charge in [0.1, 0.15) is 5.82 Å². The molecule has 0 saturated carbocycles. The van der Waals surface area contributed by atoms with Gasteiger partial charge in [0.2, 0.25) is 0 Å². The van der Waals surface area contributed by atoms with Crippen LogP contribution < -0.4 is 4.90 Å². The van der Waals surface area contributed by atoms with E-state index in [4.69, 9.17) is 0 Å².